The Morgan fingerprint density at radius 2 is 2.08 bits per heavy atom. The van der Waals surface area contributed by atoms with Crippen molar-refractivity contribution >= 4 is 33.5 Å². The number of benzene rings is 1. The second kappa shape index (κ2) is 2.79. The highest BCUT2D eigenvalue weighted by Crippen LogP contribution is 2.37. The molecule has 13 heavy (non-hydrogen) atoms. The van der Waals surface area contributed by atoms with Crippen LogP contribution in [0.15, 0.2) is 23.1 Å². The first-order valence-electron chi connectivity index (χ1n) is 3.43. The third kappa shape index (κ3) is 1.45. The summed E-state index contributed by atoms with van der Waals surface area (Å²) in [4.78, 5) is 0.113. The molecule has 4 N–H and O–H groups in total. The molecule has 0 saturated heterocycles. The number of anilines is 2. The second-order valence-electron chi connectivity index (χ2n) is 2.53. The van der Waals surface area contributed by atoms with Gasteiger partial charge in [-0.1, -0.05) is 6.07 Å². The van der Waals surface area contributed by atoms with Crippen LogP contribution in [-0.4, -0.2) is 8.42 Å². The molecule has 1 heterocycles. The standard InChI is InChI=1S/C6H7N3O2S2/c7-13(10,11)5-3-1-2-4-6(5)9-12-8-4/h1-3,8-9H,(H2,7,10,11). The summed E-state index contributed by atoms with van der Waals surface area (Å²) in [5.74, 6) is 0. The van der Waals surface area contributed by atoms with E-state index in [0.29, 0.717) is 5.69 Å². The van der Waals surface area contributed by atoms with Gasteiger partial charge in [-0.3, -0.25) is 0 Å². The highest BCUT2D eigenvalue weighted by Gasteiger charge is 2.20. The van der Waals surface area contributed by atoms with Crippen LogP contribution in [0.3, 0.4) is 0 Å². The number of rotatable bonds is 1. The first-order chi connectivity index (χ1) is 6.09. The normalized spacial score (nSPS) is 14.5. The summed E-state index contributed by atoms with van der Waals surface area (Å²) < 4.78 is 27.9. The van der Waals surface area contributed by atoms with Gasteiger partial charge >= 0.3 is 0 Å². The molecule has 0 radical (unpaired) electrons. The van der Waals surface area contributed by atoms with Gasteiger partial charge in [0.05, 0.1) is 23.5 Å². The number of hydrogen-bond donors (Lipinski definition) is 3. The predicted molar refractivity (Wildman–Crippen MR) is 52.7 cm³/mol. The number of para-hydroxylation sites is 1. The minimum atomic E-state index is -3.64. The molecule has 0 aliphatic carbocycles. The van der Waals surface area contributed by atoms with E-state index in [2.05, 4.69) is 9.44 Å². The maximum absolute atomic E-state index is 11.1. The molecule has 0 atom stereocenters. The quantitative estimate of drug-likeness (QED) is 0.604. The predicted octanol–water partition coefficient (Wildman–Crippen LogP) is 0.735. The van der Waals surface area contributed by atoms with Crippen LogP contribution in [0.1, 0.15) is 0 Å². The second-order valence-corrected chi connectivity index (χ2v) is 4.67. The molecule has 0 saturated carbocycles. The van der Waals surface area contributed by atoms with E-state index in [4.69, 9.17) is 5.14 Å². The summed E-state index contributed by atoms with van der Waals surface area (Å²) in [6.45, 7) is 0. The average Bonchev–Trinajstić information content (AvgIpc) is 2.48. The van der Waals surface area contributed by atoms with Gasteiger partial charge in [-0.05, 0) is 12.1 Å². The number of hydrogen-bond acceptors (Lipinski definition) is 5. The van der Waals surface area contributed by atoms with Crippen molar-refractivity contribution < 1.29 is 8.42 Å². The smallest absolute Gasteiger partial charge is 0.240 e. The minimum Gasteiger partial charge on any atom is -0.310 e. The first-order valence-corrected chi connectivity index (χ1v) is 5.79. The lowest BCUT2D eigenvalue weighted by Crippen LogP contribution is -2.13. The van der Waals surface area contributed by atoms with Crippen LogP contribution in [0.5, 0.6) is 0 Å². The van der Waals surface area contributed by atoms with E-state index in [-0.39, 0.29) is 4.90 Å². The summed E-state index contributed by atoms with van der Waals surface area (Å²) in [6.07, 6.45) is 0. The Morgan fingerprint density at radius 3 is 2.77 bits per heavy atom. The van der Waals surface area contributed by atoms with Crippen LogP contribution in [0.2, 0.25) is 0 Å². The van der Waals surface area contributed by atoms with E-state index in [0.717, 1.165) is 5.69 Å². The molecule has 0 fully saturated rings. The Kier molecular flexibility index (Phi) is 1.86. The molecule has 0 unspecified atom stereocenters. The molecule has 5 nitrogen and oxygen atoms in total. The van der Waals surface area contributed by atoms with E-state index in [1.165, 1.54) is 18.2 Å². The average molecular weight is 217 g/mol. The molecule has 7 heteroatoms. The Labute approximate surface area is 80.0 Å². The fraction of sp³-hybridized carbons (Fsp3) is 0. The molecule has 1 aromatic rings. The molecule has 1 aliphatic rings. The van der Waals surface area contributed by atoms with Crippen molar-refractivity contribution in [2.45, 2.75) is 4.90 Å². The first kappa shape index (κ1) is 8.67. The third-order valence-electron chi connectivity index (χ3n) is 1.65. The van der Waals surface area contributed by atoms with Gasteiger partial charge in [0.25, 0.3) is 0 Å². The molecular weight excluding hydrogens is 210 g/mol. The zero-order valence-electron chi connectivity index (χ0n) is 6.44. The molecule has 0 amide bonds. The highest BCUT2D eigenvalue weighted by molar-refractivity contribution is 8.02. The van der Waals surface area contributed by atoms with Gasteiger partial charge in [0.1, 0.15) is 4.90 Å². The summed E-state index contributed by atoms with van der Waals surface area (Å²) >= 11 is 1.21. The zero-order chi connectivity index (χ0) is 9.47. The van der Waals surface area contributed by atoms with Gasteiger partial charge < -0.3 is 9.44 Å². The van der Waals surface area contributed by atoms with Gasteiger partial charge in [-0.25, -0.2) is 13.6 Å². The summed E-state index contributed by atoms with van der Waals surface area (Å²) in [5.41, 5.74) is 1.26. The number of sulfonamides is 1. The monoisotopic (exact) mass is 217 g/mol. The van der Waals surface area contributed by atoms with E-state index in [1.807, 2.05) is 0 Å². The lowest BCUT2D eigenvalue weighted by atomic mass is 10.3. The lowest BCUT2D eigenvalue weighted by Gasteiger charge is -2.03. The lowest BCUT2D eigenvalue weighted by molar-refractivity contribution is 0.598. The van der Waals surface area contributed by atoms with Crippen LogP contribution in [0, 0.1) is 0 Å². The van der Waals surface area contributed by atoms with Gasteiger partial charge in [0.15, 0.2) is 0 Å². The van der Waals surface area contributed by atoms with Crippen LogP contribution >= 0.6 is 12.1 Å². The minimum absolute atomic E-state index is 0.113. The zero-order valence-corrected chi connectivity index (χ0v) is 8.08. The molecule has 1 aromatic carbocycles. The van der Waals surface area contributed by atoms with Crippen molar-refractivity contribution in [2.75, 3.05) is 9.44 Å². The van der Waals surface area contributed by atoms with Crippen molar-refractivity contribution in [1.82, 2.24) is 0 Å². The number of nitrogens with one attached hydrogen (secondary N) is 2. The topological polar surface area (TPSA) is 84.2 Å². The third-order valence-corrected chi connectivity index (χ3v) is 3.23. The van der Waals surface area contributed by atoms with Gasteiger partial charge in [-0.2, -0.15) is 0 Å². The molecule has 0 spiro atoms. The summed E-state index contributed by atoms with van der Waals surface area (Å²) in [5, 5.41) is 5.03. The van der Waals surface area contributed by atoms with Crippen molar-refractivity contribution in [3.8, 4) is 0 Å². The van der Waals surface area contributed by atoms with Crippen LogP contribution in [0.4, 0.5) is 11.4 Å². The maximum Gasteiger partial charge on any atom is 0.240 e. The van der Waals surface area contributed by atoms with Crippen molar-refractivity contribution in [2.24, 2.45) is 5.14 Å². The van der Waals surface area contributed by atoms with Gasteiger partial charge in [-0.15, -0.1) is 0 Å². The maximum atomic E-state index is 11.1. The fourth-order valence-corrected chi connectivity index (χ4v) is 2.52. The number of nitrogens with two attached hydrogens (primary N) is 1. The van der Waals surface area contributed by atoms with Gasteiger partial charge in [0.2, 0.25) is 10.0 Å². The SMILES string of the molecule is NS(=O)(=O)c1cccc2c1NSN2. The van der Waals surface area contributed by atoms with E-state index in [9.17, 15) is 8.42 Å². The van der Waals surface area contributed by atoms with E-state index in [1.54, 1.807) is 12.1 Å². The molecule has 70 valence electrons. The highest BCUT2D eigenvalue weighted by atomic mass is 32.2. The molecular formula is C6H7N3O2S2. The van der Waals surface area contributed by atoms with E-state index >= 15 is 0 Å². The molecule has 2 rings (SSSR count). The Hall–Kier alpha value is -0.920. The Morgan fingerprint density at radius 1 is 1.31 bits per heavy atom. The Balaban J connectivity index is 2.67. The molecule has 0 bridgehead atoms. The molecule has 0 aromatic heterocycles. The van der Waals surface area contributed by atoms with Gasteiger partial charge in [0, 0.05) is 0 Å². The van der Waals surface area contributed by atoms with Crippen molar-refractivity contribution in [3.63, 3.8) is 0 Å². The van der Waals surface area contributed by atoms with Crippen molar-refractivity contribution in [1.29, 1.82) is 0 Å². The van der Waals surface area contributed by atoms with E-state index < -0.39 is 10.0 Å². The van der Waals surface area contributed by atoms with Crippen LogP contribution in [0.25, 0.3) is 0 Å². The summed E-state index contributed by atoms with van der Waals surface area (Å²) in [6, 6.07) is 4.88. The number of primary sulfonamides is 1. The largest absolute Gasteiger partial charge is 0.310 e. The molecule has 1 aliphatic heterocycles. The van der Waals surface area contributed by atoms with Crippen molar-refractivity contribution in [3.05, 3.63) is 18.2 Å². The van der Waals surface area contributed by atoms with Crippen LogP contribution in [-0.2, 0) is 10.0 Å². The van der Waals surface area contributed by atoms with Crippen LogP contribution < -0.4 is 14.6 Å². The summed E-state index contributed by atoms with van der Waals surface area (Å²) in [7, 11) is -3.64. The Bertz CT molecular complexity index is 443. The fourth-order valence-electron chi connectivity index (χ4n) is 1.09. The number of fused-ring (bicyclic) bond motifs is 1.